The minimum Gasteiger partial charge on any atom is -0.444 e. The molecule has 1 aromatic carbocycles. The van der Waals surface area contributed by atoms with Crippen LogP contribution in [0.3, 0.4) is 0 Å². The molecule has 11 nitrogen and oxygen atoms in total. The Morgan fingerprint density at radius 3 is 2.67 bits per heavy atom. The Bertz CT molecular complexity index is 1640. The lowest BCUT2D eigenvalue weighted by atomic mass is 9.88. The van der Waals surface area contributed by atoms with Crippen LogP contribution in [0.5, 0.6) is 11.5 Å². The number of para-hydroxylation sites is 1. The molecule has 3 N–H and O–H groups in total. The lowest BCUT2D eigenvalue weighted by Gasteiger charge is -2.33. The van der Waals surface area contributed by atoms with Crippen LogP contribution in [0.4, 0.5) is 0 Å². The minimum atomic E-state index is -0.897. The fourth-order valence-corrected chi connectivity index (χ4v) is 6.15. The number of imidazole rings is 1. The summed E-state index contributed by atoms with van der Waals surface area (Å²) < 4.78 is 20.8. The largest absolute Gasteiger partial charge is 0.444 e. The number of pyridine rings is 2. The molecule has 1 unspecified atom stereocenters. The number of piperidine rings is 1. The third-order valence-corrected chi connectivity index (χ3v) is 8.70. The molecular formula is C31H35N7O4. The summed E-state index contributed by atoms with van der Waals surface area (Å²) in [5, 5.41) is 12.2. The lowest BCUT2D eigenvalue weighted by Crippen LogP contribution is -2.35. The van der Waals surface area contributed by atoms with E-state index in [0.29, 0.717) is 11.6 Å². The van der Waals surface area contributed by atoms with Crippen LogP contribution in [0.1, 0.15) is 60.4 Å². The first kappa shape index (κ1) is 26.7. The van der Waals surface area contributed by atoms with Crippen molar-refractivity contribution in [3.05, 3.63) is 77.1 Å². The number of fused-ring (bicyclic) bond motifs is 2. The van der Waals surface area contributed by atoms with Gasteiger partial charge in [-0.3, -0.25) is 14.9 Å². The monoisotopic (exact) mass is 569 g/mol. The average molecular weight is 570 g/mol. The van der Waals surface area contributed by atoms with Gasteiger partial charge in [0.1, 0.15) is 11.5 Å². The van der Waals surface area contributed by atoms with Gasteiger partial charge < -0.3 is 29.7 Å². The van der Waals surface area contributed by atoms with Crippen molar-refractivity contribution in [1.29, 1.82) is 0 Å². The number of ether oxygens (including phenoxy) is 3. The number of rotatable bonds is 7. The predicted octanol–water partition coefficient (Wildman–Crippen LogP) is 4.04. The van der Waals surface area contributed by atoms with Crippen LogP contribution >= 0.6 is 0 Å². The fraction of sp³-hybridized carbons (Fsp3) is 0.419. The standard InChI is InChI=1S/C31H35N7O4/c1-19-6-7-21(15-33-19)31(2)41-27-5-3-4-23(29(27)42-31)20-8-11-37(12-9-20)18-28-35-24-14-25(30(32)36-39)34-16-26(24)38(28)17-22-10-13-40-22/h3-7,14-16,20,22,39H,8-13,17-18H2,1-2H3,(H2,32,36)/t22-,31?/m0/s1. The Morgan fingerprint density at radius 2 is 1.95 bits per heavy atom. The quantitative estimate of drug-likeness (QED) is 0.146. The number of hydrogen-bond acceptors (Lipinski definition) is 9. The second-order valence-electron chi connectivity index (χ2n) is 11.5. The molecule has 0 radical (unpaired) electrons. The number of benzene rings is 1. The number of nitrogens with zero attached hydrogens (tertiary/aromatic N) is 6. The highest BCUT2D eigenvalue weighted by atomic mass is 16.7. The van der Waals surface area contributed by atoms with E-state index in [0.717, 1.165) is 91.7 Å². The van der Waals surface area contributed by atoms with Crippen molar-refractivity contribution in [1.82, 2.24) is 24.4 Å². The summed E-state index contributed by atoms with van der Waals surface area (Å²) >= 11 is 0. The summed E-state index contributed by atoms with van der Waals surface area (Å²) in [7, 11) is 0. The summed E-state index contributed by atoms with van der Waals surface area (Å²) in [6, 6.07) is 12.0. The first-order valence-corrected chi connectivity index (χ1v) is 14.5. The van der Waals surface area contributed by atoms with Crippen molar-refractivity contribution in [2.75, 3.05) is 19.7 Å². The van der Waals surface area contributed by atoms with Crippen molar-refractivity contribution >= 4 is 16.9 Å². The van der Waals surface area contributed by atoms with Crippen LogP contribution in [0, 0.1) is 6.92 Å². The zero-order valence-electron chi connectivity index (χ0n) is 23.9. The lowest BCUT2D eigenvalue weighted by molar-refractivity contribution is -0.0688. The summed E-state index contributed by atoms with van der Waals surface area (Å²) in [6.07, 6.45) is 6.80. The average Bonchev–Trinajstić information content (AvgIpc) is 3.51. The van der Waals surface area contributed by atoms with Gasteiger partial charge in [0.25, 0.3) is 5.79 Å². The maximum absolute atomic E-state index is 9.09. The summed E-state index contributed by atoms with van der Waals surface area (Å²) in [4.78, 5) is 16.3. The van der Waals surface area contributed by atoms with Gasteiger partial charge in [-0.25, -0.2) is 4.98 Å². The molecule has 2 saturated heterocycles. The second kappa shape index (κ2) is 10.6. The molecule has 2 atom stereocenters. The maximum Gasteiger partial charge on any atom is 0.277 e. The zero-order valence-corrected chi connectivity index (χ0v) is 23.9. The van der Waals surface area contributed by atoms with E-state index in [1.54, 1.807) is 12.3 Å². The van der Waals surface area contributed by atoms with E-state index in [9.17, 15) is 0 Å². The molecule has 11 heteroatoms. The highest BCUT2D eigenvalue weighted by Gasteiger charge is 2.41. The van der Waals surface area contributed by atoms with Gasteiger partial charge in [0.2, 0.25) is 0 Å². The van der Waals surface area contributed by atoms with Crippen molar-refractivity contribution in [2.24, 2.45) is 10.9 Å². The molecule has 0 bridgehead atoms. The van der Waals surface area contributed by atoms with Crippen LogP contribution in [-0.2, 0) is 23.6 Å². The Hall–Kier alpha value is -4.22. The van der Waals surface area contributed by atoms with E-state index in [1.807, 2.05) is 38.2 Å². The number of amidine groups is 1. The van der Waals surface area contributed by atoms with Gasteiger partial charge >= 0.3 is 0 Å². The highest BCUT2D eigenvalue weighted by Crippen LogP contribution is 2.49. The number of likely N-dealkylation sites (tertiary alicyclic amines) is 1. The van der Waals surface area contributed by atoms with Crippen molar-refractivity contribution in [3.63, 3.8) is 0 Å². The predicted molar refractivity (Wildman–Crippen MR) is 156 cm³/mol. The Labute approximate surface area is 243 Å². The van der Waals surface area contributed by atoms with Gasteiger partial charge in [-0.15, -0.1) is 0 Å². The summed E-state index contributed by atoms with van der Waals surface area (Å²) in [6.45, 7) is 8.04. The SMILES string of the molecule is Cc1ccc(C2(C)Oc3cccc(C4CCN(Cc5nc6cc(/C(N)=N/O)ncc6n5C[C@@H]5CCO5)CC4)c3O2)cn1. The number of aromatic nitrogens is 4. The Balaban J connectivity index is 1.07. The van der Waals surface area contributed by atoms with Gasteiger partial charge in [-0.05, 0) is 69.5 Å². The maximum atomic E-state index is 9.09. The van der Waals surface area contributed by atoms with Gasteiger partial charge in [0, 0.05) is 31.0 Å². The first-order valence-electron chi connectivity index (χ1n) is 14.5. The van der Waals surface area contributed by atoms with Crippen LogP contribution in [0.15, 0.2) is 53.9 Å². The third kappa shape index (κ3) is 4.82. The number of nitrogens with two attached hydrogens (primary N) is 1. The van der Waals surface area contributed by atoms with E-state index in [4.69, 9.17) is 30.1 Å². The van der Waals surface area contributed by atoms with E-state index >= 15 is 0 Å². The van der Waals surface area contributed by atoms with Crippen molar-refractivity contribution in [3.8, 4) is 11.5 Å². The van der Waals surface area contributed by atoms with Crippen LogP contribution < -0.4 is 15.2 Å². The van der Waals surface area contributed by atoms with E-state index in [2.05, 4.69) is 36.7 Å². The molecule has 3 aromatic heterocycles. The molecule has 0 amide bonds. The molecule has 6 heterocycles. The topological polar surface area (TPSA) is 133 Å². The first-order chi connectivity index (χ1) is 20.4. The molecule has 7 rings (SSSR count). The number of hydrogen-bond donors (Lipinski definition) is 2. The zero-order chi connectivity index (χ0) is 28.8. The molecule has 3 aliphatic rings. The number of aryl methyl sites for hydroxylation is 1. The van der Waals surface area contributed by atoms with Gasteiger partial charge in [-0.1, -0.05) is 17.3 Å². The summed E-state index contributed by atoms with van der Waals surface area (Å²) in [5.41, 5.74) is 11.0. The molecule has 0 saturated carbocycles. The smallest absolute Gasteiger partial charge is 0.277 e. The van der Waals surface area contributed by atoms with Crippen LogP contribution in [0.25, 0.3) is 11.0 Å². The fourth-order valence-electron chi connectivity index (χ4n) is 6.15. The van der Waals surface area contributed by atoms with E-state index < -0.39 is 5.79 Å². The molecule has 0 aliphatic carbocycles. The van der Waals surface area contributed by atoms with Crippen molar-refractivity contribution in [2.45, 2.75) is 64.0 Å². The number of oxime groups is 1. The third-order valence-electron chi connectivity index (χ3n) is 8.70. The van der Waals surface area contributed by atoms with E-state index in [-0.39, 0.29) is 11.9 Å². The molecular weight excluding hydrogens is 534 g/mol. The molecule has 42 heavy (non-hydrogen) atoms. The van der Waals surface area contributed by atoms with E-state index in [1.165, 1.54) is 5.56 Å². The molecule has 0 spiro atoms. The summed E-state index contributed by atoms with van der Waals surface area (Å²) in [5.74, 6) is 2.03. The Morgan fingerprint density at radius 1 is 1.12 bits per heavy atom. The normalized spacial score (nSPS) is 22.9. The van der Waals surface area contributed by atoms with Crippen LogP contribution in [-0.4, -0.2) is 61.3 Å². The highest BCUT2D eigenvalue weighted by molar-refractivity contribution is 5.97. The second-order valence-corrected chi connectivity index (χ2v) is 11.5. The van der Waals surface area contributed by atoms with Crippen LogP contribution in [0.2, 0.25) is 0 Å². The molecule has 4 aromatic rings. The minimum absolute atomic E-state index is 0.0324. The molecule has 3 aliphatic heterocycles. The van der Waals surface area contributed by atoms with Gasteiger partial charge in [0.05, 0.1) is 42.0 Å². The van der Waals surface area contributed by atoms with Crippen molar-refractivity contribution < 1.29 is 19.4 Å². The Kier molecular flexibility index (Phi) is 6.70. The molecule has 2 fully saturated rings. The van der Waals surface area contributed by atoms with Gasteiger partial charge in [-0.2, -0.15) is 0 Å². The van der Waals surface area contributed by atoms with Gasteiger partial charge in [0.15, 0.2) is 17.3 Å². The molecule has 218 valence electrons.